The zero-order valence-electron chi connectivity index (χ0n) is 14.9. The molecule has 28 heavy (non-hydrogen) atoms. The molecule has 1 atom stereocenters. The first-order chi connectivity index (χ1) is 13.5. The Bertz CT molecular complexity index is 981. The van der Waals surface area contributed by atoms with E-state index >= 15 is 0 Å². The highest BCUT2D eigenvalue weighted by Crippen LogP contribution is 2.20. The van der Waals surface area contributed by atoms with Gasteiger partial charge in [0.2, 0.25) is 5.91 Å². The molecule has 2 N–H and O–H groups in total. The average Bonchev–Trinajstić information content (AvgIpc) is 2.73. The number of carbonyl (C=O) groups is 2. The molecule has 3 rings (SSSR count). The summed E-state index contributed by atoms with van der Waals surface area (Å²) in [5, 5.41) is 13.0. The zero-order valence-corrected chi connectivity index (χ0v) is 16.5. The number of aliphatic hydroxyl groups excluding tert-OH is 1. The van der Waals surface area contributed by atoms with Crippen LogP contribution in [-0.4, -0.2) is 16.8 Å². The predicted molar refractivity (Wildman–Crippen MR) is 114 cm³/mol. The van der Waals surface area contributed by atoms with Crippen molar-refractivity contribution in [3.05, 3.63) is 106 Å². The van der Waals surface area contributed by atoms with E-state index in [1.54, 1.807) is 54.6 Å². The van der Waals surface area contributed by atoms with Gasteiger partial charge in [0, 0.05) is 21.8 Å². The molecule has 0 fully saturated rings. The second kappa shape index (κ2) is 9.26. The van der Waals surface area contributed by atoms with Crippen LogP contribution in [0.4, 0.5) is 5.69 Å². The van der Waals surface area contributed by atoms with Gasteiger partial charge in [0.1, 0.15) is 6.10 Å². The molecule has 0 spiro atoms. The summed E-state index contributed by atoms with van der Waals surface area (Å²) in [4.78, 5) is 24.4. The minimum atomic E-state index is -1.25. The Kier molecular flexibility index (Phi) is 6.53. The molecule has 0 aliphatic carbocycles. The maximum absolute atomic E-state index is 12.3. The number of Topliss-reactive ketones (excluding diaryl/α,β-unsaturated/α-hetero) is 1. The van der Waals surface area contributed by atoms with Crippen molar-refractivity contribution in [2.75, 3.05) is 5.32 Å². The number of anilines is 1. The highest BCUT2D eigenvalue weighted by molar-refractivity contribution is 9.10. The van der Waals surface area contributed by atoms with E-state index in [4.69, 9.17) is 0 Å². The lowest BCUT2D eigenvalue weighted by atomic mass is 10.00. The van der Waals surface area contributed by atoms with Crippen LogP contribution in [0.3, 0.4) is 0 Å². The molecule has 5 heteroatoms. The van der Waals surface area contributed by atoms with E-state index in [2.05, 4.69) is 21.2 Å². The number of hydrogen-bond donors (Lipinski definition) is 2. The van der Waals surface area contributed by atoms with Crippen LogP contribution in [-0.2, 0) is 4.79 Å². The van der Waals surface area contributed by atoms with Gasteiger partial charge in [-0.15, -0.1) is 0 Å². The molecule has 3 aromatic carbocycles. The van der Waals surface area contributed by atoms with Gasteiger partial charge in [0.15, 0.2) is 5.78 Å². The summed E-state index contributed by atoms with van der Waals surface area (Å²) in [6.45, 7) is 0. The molecule has 0 aliphatic heterocycles. The van der Waals surface area contributed by atoms with Gasteiger partial charge in [0.05, 0.1) is 0 Å². The van der Waals surface area contributed by atoms with E-state index in [1.807, 2.05) is 30.3 Å². The van der Waals surface area contributed by atoms with Crippen molar-refractivity contribution in [3.63, 3.8) is 0 Å². The van der Waals surface area contributed by atoms with Crippen LogP contribution in [0.5, 0.6) is 0 Å². The molecular weight excluding hydrogens is 418 g/mol. The number of amides is 1. The highest BCUT2D eigenvalue weighted by atomic mass is 79.9. The molecule has 0 bridgehead atoms. The number of benzene rings is 3. The van der Waals surface area contributed by atoms with Gasteiger partial charge >= 0.3 is 0 Å². The Morgan fingerprint density at radius 3 is 2.18 bits per heavy atom. The monoisotopic (exact) mass is 435 g/mol. The minimum absolute atomic E-state index is 0.267. The van der Waals surface area contributed by atoms with E-state index in [0.29, 0.717) is 16.8 Å². The molecule has 0 saturated heterocycles. The fraction of sp³-hybridized carbons (Fsp3) is 0.0435. The minimum Gasteiger partial charge on any atom is -0.380 e. The number of aliphatic hydroxyl groups is 1. The van der Waals surface area contributed by atoms with Gasteiger partial charge < -0.3 is 10.4 Å². The van der Waals surface area contributed by atoms with Crippen LogP contribution >= 0.6 is 15.9 Å². The van der Waals surface area contributed by atoms with Crippen LogP contribution in [0.25, 0.3) is 6.08 Å². The lowest BCUT2D eigenvalue weighted by Crippen LogP contribution is -2.12. The van der Waals surface area contributed by atoms with E-state index in [1.165, 1.54) is 6.08 Å². The van der Waals surface area contributed by atoms with Crippen molar-refractivity contribution in [1.82, 2.24) is 0 Å². The Hall–Kier alpha value is -3.02. The summed E-state index contributed by atoms with van der Waals surface area (Å²) < 4.78 is 0.974. The van der Waals surface area contributed by atoms with Gasteiger partial charge in [-0.25, -0.2) is 0 Å². The molecule has 0 heterocycles. The van der Waals surface area contributed by atoms with Crippen molar-refractivity contribution in [1.29, 1.82) is 0 Å². The third kappa shape index (κ3) is 5.25. The molecule has 0 aromatic heterocycles. The smallest absolute Gasteiger partial charge is 0.248 e. The third-order valence-corrected chi connectivity index (χ3v) is 4.63. The fourth-order valence-electron chi connectivity index (χ4n) is 2.59. The Balaban J connectivity index is 1.61. The maximum Gasteiger partial charge on any atom is 0.248 e. The van der Waals surface area contributed by atoms with E-state index in [-0.39, 0.29) is 11.7 Å². The first-order valence-corrected chi connectivity index (χ1v) is 9.44. The second-order valence-electron chi connectivity index (χ2n) is 6.13. The van der Waals surface area contributed by atoms with Crippen LogP contribution in [0.1, 0.15) is 27.6 Å². The lowest BCUT2D eigenvalue weighted by molar-refractivity contribution is -0.111. The molecule has 0 saturated carbocycles. The van der Waals surface area contributed by atoms with Crippen molar-refractivity contribution in [3.8, 4) is 0 Å². The summed E-state index contributed by atoms with van der Waals surface area (Å²) in [5.41, 5.74) is 2.41. The highest BCUT2D eigenvalue weighted by Gasteiger charge is 2.18. The van der Waals surface area contributed by atoms with Crippen molar-refractivity contribution in [2.24, 2.45) is 0 Å². The topological polar surface area (TPSA) is 66.4 Å². The molecule has 1 unspecified atom stereocenters. The first kappa shape index (κ1) is 19.7. The zero-order chi connectivity index (χ0) is 19.9. The number of nitrogens with one attached hydrogen (secondary N) is 1. The van der Waals surface area contributed by atoms with Gasteiger partial charge in [0.25, 0.3) is 0 Å². The maximum atomic E-state index is 12.3. The lowest BCUT2D eigenvalue weighted by Gasteiger charge is -2.11. The number of ketones is 1. The molecular formula is C23H18BrNO3. The number of halogens is 1. The van der Waals surface area contributed by atoms with Gasteiger partial charge in [-0.2, -0.15) is 0 Å². The van der Waals surface area contributed by atoms with Gasteiger partial charge in [-0.3, -0.25) is 9.59 Å². The summed E-state index contributed by atoms with van der Waals surface area (Å²) in [7, 11) is 0. The van der Waals surface area contributed by atoms with E-state index in [0.717, 1.165) is 10.0 Å². The Morgan fingerprint density at radius 2 is 1.54 bits per heavy atom. The molecule has 0 aliphatic rings. The van der Waals surface area contributed by atoms with Crippen molar-refractivity contribution in [2.45, 2.75) is 6.10 Å². The number of carbonyl (C=O) groups excluding carboxylic acids is 2. The SMILES string of the molecule is O=C(C=Cc1ccc(Br)cc1)Nc1ccc(C(O)C(=O)c2ccccc2)cc1. The summed E-state index contributed by atoms with van der Waals surface area (Å²) in [6.07, 6.45) is 1.92. The summed E-state index contributed by atoms with van der Waals surface area (Å²) >= 11 is 3.37. The number of rotatable bonds is 6. The van der Waals surface area contributed by atoms with E-state index < -0.39 is 6.10 Å². The van der Waals surface area contributed by atoms with E-state index in [9.17, 15) is 14.7 Å². The average molecular weight is 436 g/mol. The fourth-order valence-corrected chi connectivity index (χ4v) is 2.85. The third-order valence-electron chi connectivity index (χ3n) is 4.10. The van der Waals surface area contributed by atoms with Crippen LogP contribution < -0.4 is 5.32 Å². The quantitative estimate of drug-likeness (QED) is 0.422. The Morgan fingerprint density at radius 1 is 0.893 bits per heavy atom. The molecule has 140 valence electrons. The number of hydrogen-bond acceptors (Lipinski definition) is 3. The van der Waals surface area contributed by atoms with Crippen molar-refractivity contribution < 1.29 is 14.7 Å². The van der Waals surface area contributed by atoms with Crippen LogP contribution in [0.2, 0.25) is 0 Å². The predicted octanol–water partition coefficient (Wildman–Crippen LogP) is 5.02. The molecule has 0 radical (unpaired) electrons. The summed E-state index contributed by atoms with van der Waals surface area (Å²) in [5.74, 6) is -0.633. The second-order valence-corrected chi connectivity index (χ2v) is 7.04. The summed E-state index contributed by atoms with van der Waals surface area (Å²) in [6, 6.07) is 22.8. The molecule has 3 aromatic rings. The van der Waals surface area contributed by atoms with Gasteiger partial charge in [-0.1, -0.05) is 70.5 Å². The largest absolute Gasteiger partial charge is 0.380 e. The normalized spacial score (nSPS) is 11.9. The van der Waals surface area contributed by atoms with Gasteiger partial charge in [-0.05, 0) is 41.5 Å². The van der Waals surface area contributed by atoms with Crippen LogP contribution in [0.15, 0.2) is 89.4 Å². The molecule has 4 nitrogen and oxygen atoms in total. The molecule has 1 amide bonds. The van der Waals surface area contributed by atoms with Crippen molar-refractivity contribution >= 4 is 39.4 Å². The first-order valence-electron chi connectivity index (χ1n) is 8.65. The standard InChI is InChI=1S/C23H18BrNO3/c24-19-11-6-16(7-12-19)8-15-21(26)25-20-13-9-18(10-14-20)23(28)22(27)17-4-2-1-3-5-17/h1-15,23,28H,(H,25,26). The van der Waals surface area contributed by atoms with Crippen LogP contribution in [0, 0.1) is 0 Å². The Labute approximate surface area is 171 Å².